The molecule has 0 fully saturated rings. The largest absolute Gasteiger partial charge is 0.496 e. The summed E-state index contributed by atoms with van der Waals surface area (Å²) in [7, 11) is 1.46. The number of nitrogens with one attached hydrogen (secondary N) is 1. The van der Waals surface area contributed by atoms with Crippen LogP contribution in [0, 0.1) is 0 Å². The van der Waals surface area contributed by atoms with Crippen molar-refractivity contribution in [2.45, 2.75) is 17.6 Å². The number of hydrogen-bond acceptors (Lipinski definition) is 3. The Hall–Kier alpha value is -2.15. The quantitative estimate of drug-likeness (QED) is 0.810. The molecule has 1 amide bonds. The summed E-state index contributed by atoms with van der Waals surface area (Å²) in [6, 6.07) is 10.0. The van der Waals surface area contributed by atoms with Crippen LogP contribution in [0.1, 0.15) is 21.5 Å². The predicted octanol–water partition coefficient (Wildman–Crippen LogP) is 4.37. The van der Waals surface area contributed by atoms with Crippen molar-refractivity contribution in [1.29, 1.82) is 0 Å². The molecule has 0 saturated carbocycles. The molecule has 0 heterocycles. The first kappa shape index (κ1) is 18.2. The number of carbonyl (C=O) groups is 1. The minimum Gasteiger partial charge on any atom is -0.496 e. The second-order valence-corrected chi connectivity index (χ2v) is 5.83. The zero-order valence-electron chi connectivity index (χ0n) is 13.1. The maximum atomic E-state index is 12.7. The maximum absolute atomic E-state index is 12.7. The van der Waals surface area contributed by atoms with Crippen LogP contribution in [-0.4, -0.2) is 19.3 Å². The molecule has 7 heteroatoms. The number of hydrogen-bond donors (Lipinski definition) is 1. The molecule has 24 heavy (non-hydrogen) atoms. The van der Waals surface area contributed by atoms with Crippen molar-refractivity contribution in [2.24, 2.45) is 0 Å². The number of rotatable bonds is 5. The van der Waals surface area contributed by atoms with E-state index in [0.29, 0.717) is 16.9 Å². The molecule has 0 aliphatic heterocycles. The highest BCUT2D eigenvalue weighted by Crippen LogP contribution is 2.29. The standard InChI is InChI=1S/C17H16F3NO2S/c1-23-15-9-13(24-2)6-7-14(15)16(22)21-10-11-4-3-5-12(8-11)17(18,19)20/h3-9H,10H2,1-2H3,(H,21,22). The fraction of sp³-hybridized carbons (Fsp3) is 0.235. The second-order valence-electron chi connectivity index (χ2n) is 4.95. The summed E-state index contributed by atoms with van der Waals surface area (Å²) in [4.78, 5) is 13.2. The third-order valence-electron chi connectivity index (χ3n) is 3.36. The number of ether oxygens (including phenoxy) is 1. The molecule has 0 atom stereocenters. The van der Waals surface area contributed by atoms with Crippen LogP contribution in [0.25, 0.3) is 0 Å². The molecule has 2 rings (SSSR count). The number of benzene rings is 2. The molecule has 128 valence electrons. The SMILES string of the molecule is COc1cc(SC)ccc1C(=O)NCc1cccc(C(F)(F)F)c1. The van der Waals surface area contributed by atoms with Gasteiger partial charge in [-0.25, -0.2) is 0 Å². The van der Waals surface area contributed by atoms with Gasteiger partial charge < -0.3 is 10.1 Å². The van der Waals surface area contributed by atoms with Gasteiger partial charge in [0.15, 0.2) is 0 Å². The van der Waals surface area contributed by atoms with Crippen LogP contribution in [0.5, 0.6) is 5.75 Å². The molecular weight excluding hydrogens is 339 g/mol. The molecule has 2 aromatic carbocycles. The summed E-state index contributed by atoms with van der Waals surface area (Å²) in [5, 5.41) is 2.61. The minimum atomic E-state index is -4.41. The Morgan fingerprint density at radius 3 is 2.58 bits per heavy atom. The van der Waals surface area contributed by atoms with Gasteiger partial charge in [0.2, 0.25) is 0 Å². The molecular formula is C17H16F3NO2S. The van der Waals surface area contributed by atoms with Gasteiger partial charge in [0.25, 0.3) is 5.91 Å². The van der Waals surface area contributed by atoms with E-state index in [0.717, 1.165) is 17.0 Å². The van der Waals surface area contributed by atoms with Gasteiger partial charge in [0.05, 0.1) is 18.2 Å². The van der Waals surface area contributed by atoms with E-state index in [-0.39, 0.29) is 6.54 Å². The summed E-state index contributed by atoms with van der Waals surface area (Å²) in [5.74, 6) is 0.0142. The molecule has 0 spiro atoms. The Kier molecular flexibility index (Phi) is 5.77. The normalized spacial score (nSPS) is 11.2. The first-order valence-corrected chi connectivity index (χ1v) is 8.24. The smallest absolute Gasteiger partial charge is 0.416 e. The lowest BCUT2D eigenvalue weighted by Gasteiger charge is -2.12. The lowest BCUT2D eigenvalue weighted by Crippen LogP contribution is -2.23. The molecule has 2 aromatic rings. The van der Waals surface area contributed by atoms with E-state index in [4.69, 9.17) is 4.74 Å². The van der Waals surface area contributed by atoms with Gasteiger partial charge in [-0.1, -0.05) is 12.1 Å². The first-order valence-electron chi connectivity index (χ1n) is 7.01. The number of methoxy groups -OCH3 is 1. The van der Waals surface area contributed by atoms with E-state index in [1.165, 1.54) is 31.0 Å². The highest BCUT2D eigenvalue weighted by molar-refractivity contribution is 7.98. The number of alkyl halides is 3. The third kappa shape index (κ3) is 4.44. The highest BCUT2D eigenvalue weighted by atomic mass is 32.2. The van der Waals surface area contributed by atoms with E-state index in [1.54, 1.807) is 18.2 Å². The summed E-state index contributed by atoms with van der Waals surface area (Å²) in [5.41, 5.74) is -0.0312. The zero-order valence-corrected chi connectivity index (χ0v) is 13.9. The Bertz CT molecular complexity index is 732. The average Bonchev–Trinajstić information content (AvgIpc) is 2.58. The van der Waals surface area contributed by atoms with E-state index in [2.05, 4.69) is 5.32 Å². The summed E-state index contributed by atoms with van der Waals surface area (Å²) < 4.78 is 43.3. The lowest BCUT2D eigenvalue weighted by molar-refractivity contribution is -0.137. The summed E-state index contributed by atoms with van der Waals surface area (Å²) in [6.45, 7) is -0.00378. The predicted molar refractivity (Wildman–Crippen MR) is 87.4 cm³/mol. The van der Waals surface area contributed by atoms with Crippen LogP contribution in [0.15, 0.2) is 47.4 Å². The van der Waals surface area contributed by atoms with Gasteiger partial charge >= 0.3 is 6.18 Å². The molecule has 1 N–H and O–H groups in total. The summed E-state index contributed by atoms with van der Waals surface area (Å²) in [6.07, 6.45) is -2.50. The number of thioether (sulfide) groups is 1. The average molecular weight is 355 g/mol. The fourth-order valence-electron chi connectivity index (χ4n) is 2.12. The second kappa shape index (κ2) is 7.61. The summed E-state index contributed by atoms with van der Waals surface area (Å²) >= 11 is 1.51. The first-order chi connectivity index (χ1) is 11.3. The van der Waals surface area contributed by atoms with Crippen molar-refractivity contribution in [1.82, 2.24) is 5.32 Å². The Balaban J connectivity index is 2.11. The van der Waals surface area contributed by atoms with Crippen molar-refractivity contribution in [3.63, 3.8) is 0 Å². The van der Waals surface area contributed by atoms with Crippen LogP contribution in [0.3, 0.4) is 0 Å². The maximum Gasteiger partial charge on any atom is 0.416 e. The van der Waals surface area contributed by atoms with Crippen molar-refractivity contribution in [3.05, 3.63) is 59.2 Å². The van der Waals surface area contributed by atoms with Gasteiger partial charge in [-0.05, 0) is 42.2 Å². The molecule has 0 unspecified atom stereocenters. The zero-order chi connectivity index (χ0) is 17.7. The molecule has 3 nitrogen and oxygen atoms in total. The Morgan fingerprint density at radius 2 is 1.96 bits per heavy atom. The van der Waals surface area contributed by atoms with Crippen LogP contribution in [-0.2, 0) is 12.7 Å². The molecule has 0 bridgehead atoms. The van der Waals surface area contributed by atoms with E-state index in [1.807, 2.05) is 6.26 Å². The molecule has 0 saturated heterocycles. The molecule has 0 radical (unpaired) electrons. The van der Waals surface area contributed by atoms with Gasteiger partial charge in [-0.2, -0.15) is 13.2 Å². The van der Waals surface area contributed by atoms with E-state index in [9.17, 15) is 18.0 Å². The van der Waals surface area contributed by atoms with Gasteiger partial charge in [0.1, 0.15) is 5.75 Å². The van der Waals surface area contributed by atoms with Crippen molar-refractivity contribution >= 4 is 17.7 Å². The number of carbonyl (C=O) groups excluding carboxylic acids is 1. The molecule has 0 aliphatic carbocycles. The Labute approximate surface area is 142 Å². The topological polar surface area (TPSA) is 38.3 Å². The van der Waals surface area contributed by atoms with E-state index >= 15 is 0 Å². The van der Waals surface area contributed by atoms with Crippen LogP contribution >= 0.6 is 11.8 Å². The van der Waals surface area contributed by atoms with Crippen molar-refractivity contribution in [3.8, 4) is 5.75 Å². The van der Waals surface area contributed by atoms with Crippen LogP contribution in [0.2, 0.25) is 0 Å². The number of halogens is 3. The molecule has 0 aromatic heterocycles. The van der Waals surface area contributed by atoms with Gasteiger partial charge in [-0.3, -0.25) is 4.79 Å². The van der Waals surface area contributed by atoms with Gasteiger partial charge in [-0.15, -0.1) is 11.8 Å². The highest BCUT2D eigenvalue weighted by Gasteiger charge is 2.30. The Morgan fingerprint density at radius 1 is 1.21 bits per heavy atom. The minimum absolute atomic E-state index is 0.00378. The lowest BCUT2D eigenvalue weighted by atomic mass is 10.1. The third-order valence-corrected chi connectivity index (χ3v) is 4.09. The molecule has 0 aliphatic rings. The van der Waals surface area contributed by atoms with Crippen LogP contribution < -0.4 is 10.1 Å². The van der Waals surface area contributed by atoms with Crippen molar-refractivity contribution < 1.29 is 22.7 Å². The van der Waals surface area contributed by atoms with E-state index < -0.39 is 17.6 Å². The number of amides is 1. The van der Waals surface area contributed by atoms with Crippen molar-refractivity contribution in [2.75, 3.05) is 13.4 Å². The fourth-order valence-corrected chi connectivity index (χ4v) is 2.55. The van der Waals surface area contributed by atoms with Crippen LogP contribution in [0.4, 0.5) is 13.2 Å². The van der Waals surface area contributed by atoms with Gasteiger partial charge in [0, 0.05) is 11.4 Å². The monoisotopic (exact) mass is 355 g/mol.